The van der Waals surface area contributed by atoms with Gasteiger partial charge in [0.25, 0.3) is 0 Å². The third-order valence-electron chi connectivity index (χ3n) is 3.42. The molecule has 2 nitrogen and oxygen atoms in total. The quantitative estimate of drug-likeness (QED) is 0.848. The number of benzene rings is 2. The molecule has 2 atom stereocenters. The molecule has 0 amide bonds. The van der Waals surface area contributed by atoms with E-state index in [4.69, 9.17) is 5.26 Å². The fourth-order valence-corrected chi connectivity index (χ4v) is 3.52. The fourth-order valence-electron chi connectivity index (χ4n) is 2.07. The summed E-state index contributed by atoms with van der Waals surface area (Å²) in [6, 6.07) is 17.6. The topological polar surface area (TPSA) is 40.9 Å². The number of aryl methyl sites for hydroxylation is 2. The largest absolute Gasteiger partial charge is 0.254 e. The van der Waals surface area contributed by atoms with Crippen LogP contribution < -0.4 is 0 Å². The molecular weight excluding hydrogens is 266 g/mol. The maximum atomic E-state index is 12.8. The Balaban J connectivity index is 2.37. The molecule has 0 saturated heterocycles. The second-order valence-corrected chi connectivity index (χ2v) is 6.44. The molecule has 2 rings (SSSR count). The molecule has 2 unspecified atom stereocenters. The highest BCUT2D eigenvalue weighted by molar-refractivity contribution is 7.85. The predicted molar refractivity (Wildman–Crippen MR) is 81.7 cm³/mol. The van der Waals surface area contributed by atoms with E-state index in [0.717, 1.165) is 16.0 Å². The Hall–Kier alpha value is -1.92. The molecule has 0 aliphatic rings. The smallest absolute Gasteiger partial charge is 0.0773 e. The highest BCUT2D eigenvalue weighted by Crippen LogP contribution is 2.28. The van der Waals surface area contributed by atoms with Gasteiger partial charge >= 0.3 is 0 Å². The van der Waals surface area contributed by atoms with Crippen LogP contribution in [0.4, 0.5) is 0 Å². The van der Waals surface area contributed by atoms with Gasteiger partial charge in [0.05, 0.1) is 28.5 Å². The van der Waals surface area contributed by atoms with Gasteiger partial charge in [0.15, 0.2) is 0 Å². The lowest BCUT2D eigenvalue weighted by molar-refractivity contribution is 0.672. The van der Waals surface area contributed by atoms with Crippen molar-refractivity contribution in [3.8, 4) is 6.07 Å². The van der Waals surface area contributed by atoms with Crippen LogP contribution in [0, 0.1) is 25.2 Å². The van der Waals surface area contributed by atoms with Crippen LogP contribution in [0.3, 0.4) is 0 Å². The lowest BCUT2D eigenvalue weighted by atomic mass is 10.1. The van der Waals surface area contributed by atoms with Gasteiger partial charge in [-0.25, -0.2) is 0 Å². The van der Waals surface area contributed by atoms with E-state index in [2.05, 4.69) is 6.07 Å². The van der Waals surface area contributed by atoms with Crippen molar-refractivity contribution in [3.05, 3.63) is 65.2 Å². The highest BCUT2D eigenvalue weighted by atomic mass is 32.2. The van der Waals surface area contributed by atoms with Crippen LogP contribution >= 0.6 is 0 Å². The standard InChI is InChI=1S/C17H17NOS/c1-13-8-9-16(12-14(13)2)20(19)17(10-11-18)15-6-4-3-5-7-15/h3-9,12,17H,10H2,1-2H3. The summed E-state index contributed by atoms with van der Waals surface area (Å²) in [5.74, 6) is 0. The van der Waals surface area contributed by atoms with E-state index < -0.39 is 10.8 Å². The molecule has 0 aliphatic carbocycles. The maximum absolute atomic E-state index is 12.8. The van der Waals surface area contributed by atoms with E-state index in [1.165, 1.54) is 5.56 Å². The first-order valence-electron chi connectivity index (χ1n) is 6.53. The Morgan fingerprint density at radius 2 is 1.80 bits per heavy atom. The maximum Gasteiger partial charge on any atom is 0.0773 e. The molecule has 102 valence electrons. The van der Waals surface area contributed by atoms with Crippen LogP contribution in [0.2, 0.25) is 0 Å². The van der Waals surface area contributed by atoms with E-state index in [0.29, 0.717) is 0 Å². The number of rotatable bonds is 4. The van der Waals surface area contributed by atoms with Crippen LogP contribution in [0.25, 0.3) is 0 Å². The lowest BCUT2D eigenvalue weighted by Gasteiger charge is -2.15. The zero-order chi connectivity index (χ0) is 14.5. The second kappa shape index (κ2) is 6.49. The Kier molecular flexibility index (Phi) is 4.70. The van der Waals surface area contributed by atoms with Crippen LogP contribution in [0.1, 0.15) is 28.4 Å². The first kappa shape index (κ1) is 14.5. The summed E-state index contributed by atoms with van der Waals surface area (Å²) in [7, 11) is -1.21. The van der Waals surface area contributed by atoms with Crippen LogP contribution in [0.15, 0.2) is 53.4 Å². The SMILES string of the molecule is Cc1ccc(S(=O)C(CC#N)c2ccccc2)cc1C. The van der Waals surface area contributed by atoms with Gasteiger partial charge in [0, 0.05) is 4.90 Å². The van der Waals surface area contributed by atoms with Crippen molar-refractivity contribution in [1.82, 2.24) is 0 Å². The molecule has 0 fully saturated rings. The van der Waals surface area contributed by atoms with E-state index in [-0.39, 0.29) is 11.7 Å². The van der Waals surface area contributed by atoms with Crippen molar-refractivity contribution in [2.24, 2.45) is 0 Å². The number of hydrogen-bond acceptors (Lipinski definition) is 2. The van der Waals surface area contributed by atoms with Crippen molar-refractivity contribution >= 4 is 10.8 Å². The molecule has 0 spiro atoms. The number of nitrogens with zero attached hydrogens (tertiary/aromatic N) is 1. The van der Waals surface area contributed by atoms with Gasteiger partial charge in [-0.15, -0.1) is 0 Å². The number of hydrogen-bond donors (Lipinski definition) is 0. The van der Waals surface area contributed by atoms with Crippen LogP contribution in [0.5, 0.6) is 0 Å². The molecule has 2 aromatic rings. The first-order valence-corrected chi connectivity index (χ1v) is 7.74. The summed E-state index contributed by atoms with van der Waals surface area (Å²) in [5, 5.41) is 8.73. The molecule has 0 saturated carbocycles. The molecule has 0 radical (unpaired) electrons. The molecule has 0 aromatic heterocycles. The van der Waals surface area contributed by atoms with Gasteiger partial charge in [-0.3, -0.25) is 4.21 Å². The summed E-state index contributed by atoms with van der Waals surface area (Å²) >= 11 is 0. The second-order valence-electron chi connectivity index (χ2n) is 4.81. The average Bonchev–Trinajstić information content (AvgIpc) is 2.48. The Labute approximate surface area is 122 Å². The zero-order valence-electron chi connectivity index (χ0n) is 11.7. The third-order valence-corrected chi connectivity index (χ3v) is 5.09. The van der Waals surface area contributed by atoms with E-state index in [1.54, 1.807) is 0 Å². The van der Waals surface area contributed by atoms with Crippen molar-refractivity contribution in [1.29, 1.82) is 5.26 Å². The molecule has 0 bridgehead atoms. The molecule has 0 aliphatic heterocycles. The van der Waals surface area contributed by atoms with Gasteiger partial charge in [-0.1, -0.05) is 36.4 Å². The fraction of sp³-hybridized carbons (Fsp3) is 0.235. The zero-order valence-corrected chi connectivity index (χ0v) is 12.5. The van der Waals surface area contributed by atoms with Crippen LogP contribution in [-0.2, 0) is 10.8 Å². The molecule has 2 aromatic carbocycles. The predicted octanol–water partition coefficient (Wildman–Crippen LogP) is 4.07. The van der Waals surface area contributed by atoms with Gasteiger partial charge in [-0.05, 0) is 42.7 Å². The minimum absolute atomic E-state index is 0.254. The molecule has 3 heteroatoms. The van der Waals surface area contributed by atoms with E-state index in [9.17, 15) is 4.21 Å². The van der Waals surface area contributed by atoms with Crippen molar-refractivity contribution in [3.63, 3.8) is 0 Å². The van der Waals surface area contributed by atoms with Crippen molar-refractivity contribution in [2.45, 2.75) is 30.4 Å². The summed E-state index contributed by atoms with van der Waals surface area (Å²) < 4.78 is 12.8. The van der Waals surface area contributed by atoms with Gasteiger partial charge < -0.3 is 0 Å². The lowest BCUT2D eigenvalue weighted by Crippen LogP contribution is -2.07. The minimum atomic E-state index is -1.21. The minimum Gasteiger partial charge on any atom is -0.254 e. The Morgan fingerprint density at radius 3 is 2.40 bits per heavy atom. The highest BCUT2D eigenvalue weighted by Gasteiger charge is 2.20. The summed E-state index contributed by atoms with van der Waals surface area (Å²) in [6.07, 6.45) is 0.254. The van der Waals surface area contributed by atoms with E-state index in [1.807, 2.05) is 62.4 Å². The third kappa shape index (κ3) is 3.15. The number of nitriles is 1. The van der Waals surface area contributed by atoms with Crippen molar-refractivity contribution in [2.75, 3.05) is 0 Å². The average molecular weight is 283 g/mol. The van der Waals surface area contributed by atoms with Gasteiger partial charge in [0.1, 0.15) is 0 Å². The summed E-state index contributed by atoms with van der Waals surface area (Å²) in [4.78, 5) is 0.789. The molecule has 0 N–H and O–H groups in total. The molecule has 0 heterocycles. The van der Waals surface area contributed by atoms with Gasteiger partial charge in [0.2, 0.25) is 0 Å². The molecular formula is C17H17NOS. The summed E-state index contributed by atoms with van der Waals surface area (Å²) in [5.41, 5.74) is 3.26. The Bertz CT molecular complexity index is 658. The van der Waals surface area contributed by atoms with E-state index >= 15 is 0 Å². The summed E-state index contributed by atoms with van der Waals surface area (Å²) in [6.45, 7) is 4.05. The van der Waals surface area contributed by atoms with Crippen LogP contribution in [-0.4, -0.2) is 4.21 Å². The van der Waals surface area contributed by atoms with Crippen molar-refractivity contribution < 1.29 is 4.21 Å². The molecule has 20 heavy (non-hydrogen) atoms. The first-order chi connectivity index (χ1) is 9.63. The monoisotopic (exact) mass is 283 g/mol. The normalized spacial score (nSPS) is 13.4. The Morgan fingerprint density at radius 1 is 1.10 bits per heavy atom. The van der Waals surface area contributed by atoms with Gasteiger partial charge in [-0.2, -0.15) is 5.26 Å².